The highest BCUT2D eigenvalue weighted by atomic mass is 16.7. The van der Waals surface area contributed by atoms with Crippen molar-refractivity contribution >= 4 is 11.9 Å². The van der Waals surface area contributed by atoms with E-state index in [0.29, 0.717) is 43.5 Å². The highest BCUT2D eigenvalue weighted by molar-refractivity contribution is 6.10. The van der Waals surface area contributed by atoms with E-state index in [1.54, 1.807) is 24.3 Å². The van der Waals surface area contributed by atoms with Crippen LogP contribution >= 0.6 is 0 Å². The van der Waals surface area contributed by atoms with Crippen LogP contribution in [-0.2, 0) is 18.9 Å². The fraction of sp³-hybridized carbons (Fsp3) is 0.444. The van der Waals surface area contributed by atoms with Gasteiger partial charge in [-0.3, -0.25) is 4.79 Å². The minimum atomic E-state index is -0.478. The van der Waals surface area contributed by atoms with E-state index in [0.717, 1.165) is 0 Å². The van der Waals surface area contributed by atoms with Crippen molar-refractivity contribution in [2.75, 3.05) is 53.6 Å². The minimum Gasteiger partial charge on any atom is -0.507 e. The first-order valence-electron chi connectivity index (χ1n) is 12.1. The predicted molar refractivity (Wildman–Crippen MR) is 136 cm³/mol. The van der Waals surface area contributed by atoms with E-state index >= 15 is 0 Å². The van der Waals surface area contributed by atoms with Gasteiger partial charge in [0.1, 0.15) is 22.8 Å². The molecule has 2 aromatic rings. The molecule has 0 heterocycles. The van der Waals surface area contributed by atoms with Gasteiger partial charge in [-0.1, -0.05) is 12.1 Å². The number of carbonyl (C=O) groups is 1. The molecule has 2 aromatic carbocycles. The fourth-order valence-corrected chi connectivity index (χ4v) is 2.90. The van der Waals surface area contributed by atoms with E-state index in [-0.39, 0.29) is 50.0 Å². The van der Waals surface area contributed by atoms with Gasteiger partial charge in [0.05, 0.1) is 0 Å². The summed E-state index contributed by atoms with van der Waals surface area (Å²) in [6.45, 7) is 9.29. The van der Waals surface area contributed by atoms with Crippen LogP contribution in [0.1, 0.15) is 43.6 Å². The Morgan fingerprint density at radius 2 is 1.24 bits per heavy atom. The number of ether oxygens (including phenoxy) is 8. The standard InChI is InChI=1S/C27H36O10/c1-5-30-16-34-21-14-23(29)27(26(15-21)37-19-33-8-4)22(28)11-9-20-10-12-24(35-17-31-6-2)25(13-20)36-18-32-7-3/h9-15,29H,5-8,16-19H2,1-4H3/b11-9+. The summed E-state index contributed by atoms with van der Waals surface area (Å²) in [4.78, 5) is 13.1. The highest BCUT2D eigenvalue weighted by Crippen LogP contribution is 2.35. The van der Waals surface area contributed by atoms with Crippen molar-refractivity contribution in [3.05, 3.63) is 47.5 Å². The van der Waals surface area contributed by atoms with E-state index in [9.17, 15) is 9.90 Å². The molecule has 0 aliphatic heterocycles. The van der Waals surface area contributed by atoms with Crippen molar-refractivity contribution in [3.8, 4) is 28.7 Å². The van der Waals surface area contributed by atoms with Gasteiger partial charge < -0.3 is 43.0 Å². The van der Waals surface area contributed by atoms with Crippen molar-refractivity contribution in [1.29, 1.82) is 0 Å². The summed E-state index contributed by atoms with van der Waals surface area (Å²) in [5.41, 5.74) is 0.640. The fourth-order valence-electron chi connectivity index (χ4n) is 2.90. The Bertz CT molecular complexity index is 989. The number of allylic oxidation sites excluding steroid dienone is 1. The molecule has 10 heteroatoms. The number of carbonyl (C=O) groups excluding carboxylic acids is 1. The summed E-state index contributed by atoms with van der Waals surface area (Å²) in [6, 6.07) is 8.01. The monoisotopic (exact) mass is 520 g/mol. The molecule has 10 nitrogen and oxygen atoms in total. The number of rotatable bonds is 19. The third kappa shape index (κ3) is 10.3. The molecule has 0 spiro atoms. The SMILES string of the molecule is CCOCOc1cc(O)c(C(=O)/C=C/c2ccc(OCOCC)c(OCOCC)c2)c(OCOCC)c1. The molecule has 0 unspecified atom stereocenters. The topological polar surface area (TPSA) is 111 Å². The lowest BCUT2D eigenvalue weighted by Gasteiger charge is -2.14. The number of phenolic OH excluding ortho intramolecular Hbond substituents is 1. The Hall–Kier alpha value is -3.31. The zero-order valence-corrected chi connectivity index (χ0v) is 21.8. The van der Waals surface area contributed by atoms with Gasteiger partial charge in [0.25, 0.3) is 0 Å². The number of aromatic hydroxyl groups is 1. The molecule has 0 bridgehead atoms. The molecule has 0 atom stereocenters. The van der Waals surface area contributed by atoms with Crippen molar-refractivity contribution in [1.82, 2.24) is 0 Å². The number of hydrogen-bond acceptors (Lipinski definition) is 10. The molecule has 204 valence electrons. The van der Waals surface area contributed by atoms with Crippen LogP contribution in [0.3, 0.4) is 0 Å². The van der Waals surface area contributed by atoms with Gasteiger partial charge in [-0.2, -0.15) is 0 Å². The summed E-state index contributed by atoms with van der Waals surface area (Å²) in [5, 5.41) is 10.6. The molecular formula is C27H36O10. The van der Waals surface area contributed by atoms with Crippen LogP contribution in [0.4, 0.5) is 0 Å². The van der Waals surface area contributed by atoms with Crippen LogP contribution in [0, 0.1) is 0 Å². The zero-order chi connectivity index (χ0) is 26.9. The Balaban J connectivity index is 2.26. The maximum Gasteiger partial charge on any atom is 0.193 e. The summed E-state index contributed by atoms with van der Waals surface area (Å²) >= 11 is 0. The van der Waals surface area contributed by atoms with Crippen LogP contribution in [0.15, 0.2) is 36.4 Å². The van der Waals surface area contributed by atoms with Gasteiger partial charge in [0.2, 0.25) is 0 Å². The van der Waals surface area contributed by atoms with Gasteiger partial charge in [-0.05, 0) is 51.5 Å². The lowest BCUT2D eigenvalue weighted by atomic mass is 10.1. The third-order valence-corrected chi connectivity index (χ3v) is 4.71. The lowest BCUT2D eigenvalue weighted by molar-refractivity contribution is 0.00605. The Labute approximate surface area is 217 Å². The maximum absolute atomic E-state index is 13.1. The van der Waals surface area contributed by atoms with Crippen molar-refractivity contribution in [2.45, 2.75) is 27.7 Å². The van der Waals surface area contributed by atoms with Crippen molar-refractivity contribution in [2.24, 2.45) is 0 Å². The molecule has 0 radical (unpaired) electrons. The normalized spacial score (nSPS) is 11.0. The maximum atomic E-state index is 13.1. The smallest absolute Gasteiger partial charge is 0.193 e. The molecule has 2 rings (SSSR count). The van der Waals surface area contributed by atoms with Gasteiger partial charge >= 0.3 is 0 Å². The second kappa shape index (κ2) is 17.2. The molecule has 0 amide bonds. The van der Waals surface area contributed by atoms with E-state index in [4.69, 9.17) is 37.9 Å². The molecule has 37 heavy (non-hydrogen) atoms. The Morgan fingerprint density at radius 3 is 1.84 bits per heavy atom. The molecule has 0 saturated carbocycles. The van der Waals surface area contributed by atoms with Crippen LogP contribution in [0.2, 0.25) is 0 Å². The molecule has 0 aliphatic carbocycles. The first kappa shape index (κ1) is 29.9. The van der Waals surface area contributed by atoms with Crippen LogP contribution < -0.4 is 18.9 Å². The molecule has 0 saturated heterocycles. The number of hydrogen-bond donors (Lipinski definition) is 1. The quantitative estimate of drug-likeness (QED) is 0.120. The zero-order valence-electron chi connectivity index (χ0n) is 21.8. The highest BCUT2D eigenvalue weighted by Gasteiger charge is 2.19. The molecule has 0 fully saturated rings. The van der Waals surface area contributed by atoms with Gasteiger partial charge in [0, 0.05) is 38.6 Å². The number of ketones is 1. The van der Waals surface area contributed by atoms with E-state index in [1.165, 1.54) is 18.2 Å². The molecule has 1 N–H and O–H groups in total. The summed E-state index contributed by atoms with van der Waals surface area (Å²) in [6.07, 6.45) is 2.92. The largest absolute Gasteiger partial charge is 0.507 e. The summed E-state index contributed by atoms with van der Waals surface area (Å²) < 4.78 is 43.3. The first-order chi connectivity index (χ1) is 18.0. The second-order valence-electron chi connectivity index (χ2n) is 7.24. The predicted octanol–water partition coefficient (Wildman–Crippen LogP) is 4.78. The first-order valence-corrected chi connectivity index (χ1v) is 12.1. The Morgan fingerprint density at radius 1 is 0.703 bits per heavy atom. The summed E-state index contributed by atoms with van der Waals surface area (Å²) in [7, 11) is 0. The molecule has 0 aromatic heterocycles. The van der Waals surface area contributed by atoms with Crippen LogP contribution in [0.25, 0.3) is 6.08 Å². The van der Waals surface area contributed by atoms with Crippen molar-refractivity contribution < 1.29 is 47.8 Å². The second-order valence-corrected chi connectivity index (χ2v) is 7.24. The average molecular weight is 521 g/mol. The number of benzene rings is 2. The van der Waals surface area contributed by atoms with Gasteiger partial charge in [-0.25, -0.2) is 0 Å². The van der Waals surface area contributed by atoms with Crippen LogP contribution in [0.5, 0.6) is 28.7 Å². The van der Waals surface area contributed by atoms with Crippen LogP contribution in [-0.4, -0.2) is 64.5 Å². The minimum absolute atomic E-state index is 0.00792. The molecule has 0 aliphatic rings. The summed E-state index contributed by atoms with van der Waals surface area (Å²) in [5.74, 6) is 0.543. The molecular weight excluding hydrogens is 484 g/mol. The average Bonchev–Trinajstić information content (AvgIpc) is 2.88. The lowest BCUT2D eigenvalue weighted by Crippen LogP contribution is -2.08. The van der Waals surface area contributed by atoms with Gasteiger partial charge in [-0.15, -0.1) is 0 Å². The Kier molecular flexibility index (Phi) is 13.9. The van der Waals surface area contributed by atoms with E-state index in [1.807, 2.05) is 27.7 Å². The van der Waals surface area contributed by atoms with Gasteiger partial charge in [0.15, 0.2) is 44.5 Å². The third-order valence-electron chi connectivity index (χ3n) is 4.71. The van der Waals surface area contributed by atoms with E-state index < -0.39 is 5.78 Å². The van der Waals surface area contributed by atoms with E-state index in [2.05, 4.69) is 0 Å². The van der Waals surface area contributed by atoms with Crippen molar-refractivity contribution in [3.63, 3.8) is 0 Å². The number of phenols is 1.